The Hall–Kier alpha value is -0.163. The van der Waals surface area contributed by atoms with Gasteiger partial charge in [-0.2, -0.15) is 0 Å². The van der Waals surface area contributed by atoms with Gasteiger partial charge in [0, 0.05) is 6.42 Å². The van der Waals surface area contributed by atoms with Gasteiger partial charge in [0.2, 0.25) is 0 Å². The Kier molecular flexibility index (Phi) is 4.58. The van der Waals surface area contributed by atoms with Gasteiger partial charge < -0.3 is 14.3 Å². The van der Waals surface area contributed by atoms with Crippen LogP contribution in [0.3, 0.4) is 0 Å². The second kappa shape index (κ2) is 5.22. The first-order chi connectivity index (χ1) is 7.67. The van der Waals surface area contributed by atoms with Crippen molar-refractivity contribution >= 4 is 8.32 Å². The van der Waals surface area contributed by atoms with Crippen LogP contribution in [0.4, 0.5) is 0 Å². The summed E-state index contributed by atoms with van der Waals surface area (Å²) >= 11 is 0. The molecule has 1 heterocycles. The van der Waals surface area contributed by atoms with Gasteiger partial charge >= 0.3 is 0 Å². The quantitative estimate of drug-likeness (QED) is 0.622. The van der Waals surface area contributed by atoms with Crippen LogP contribution in [0.5, 0.6) is 0 Å². The maximum atomic E-state index is 9.71. The van der Waals surface area contributed by atoms with Crippen molar-refractivity contribution in [2.45, 2.75) is 63.6 Å². The van der Waals surface area contributed by atoms with Crippen molar-refractivity contribution in [2.75, 3.05) is 6.61 Å². The van der Waals surface area contributed by atoms with Crippen LogP contribution in [0, 0.1) is 0 Å². The van der Waals surface area contributed by atoms with E-state index in [1.807, 2.05) is 0 Å². The maximum absolute atomic E-state index is 9.71. The highest BCUT2D eigenvalue weighted by Crippen LogP contribution is 2.37. The van der Waals surface area contributed by atoms with Crippen molar-refractivity contribution in [3.63, 3.8) is 0 Å². The predicted molar refractivity (Wildman–Crippen MR) is 72.6 cm³/mol. The highest BCUT2D eigenvalue weighted by Gasteiger charge is 2.39. The van der Waals surface area contributed by atoms with Gasteiger partial charge in [-0.25, -0.2) is 0 Å². The molecule has 1 fully saturated rings. The van der Waals surface area contributed by atoms with Gasteiger partial charge in [-0.1, -0.05) is 26.8 Å². The fraction of sp³-hybridized carbons (Fsp3) is 0.846. The van der Waals surface area contributed by atoms with Gasteiger partial charge in [-0.3, -0.25) is 0 Å². The average molecular weight is 258 g/mol. The maximum Gasteiger partial charge on any atom is 0.192 e. The average Bonchev–Trinajstić information content (AvgIpc) is 2.54. The molecular weight excluding hydrogens is 232 g/mol. The zero-order chi connectivity index (χ0) is 13.3. The Balaban J connectivity index is 2.45. The van der Waals surface area contributed by atoms with Crippen LogP contribution in [-0.4, -0.2) is 38.3 Å². The third-order valence-electron chi connectivity index (χ3n) is 3.90. The van der Waals surface area contributed by atoms with Crippen LogP contribution < -0.4 is 0 Å². The molecule has 0 aromatic rings. The molecule has 0 aliphatic carbocycles. The molecular formula is C13H26O3Si. The first-order valence-corrected chi connectivity index (χ1v) is 9.18. The molecule has 17 heavy (non-hydrogen) atoms. The smallest absolute Gasteiger partial charge is 0.192 e. The summed E-state index contributed by atoms with van der Waals surface area (Å²) < 4.78 is 11.7. The van der Waals surface area contributed by atoms with Crippen LogP contribution in [0.1, 0.15) is 27.2 Å². The standard InChI is InChI=1S/C13H26O3Si/c1-7-12-11(14)8-10(16-12)9-15-17(5,6)13(2,3)4/h7,10-12,14H,1,8-9H2,2-6H3/t10-,11-,12-/m0/s1. The molecule has 0 spiro atoms. The molecule has 1 N–H and O–H groups in total. The summed E-state index contributed by atoms with van der Waals surface area (Å²) in [7, 11) is -1.71. The number of hydrogen-bond acceptors (Lipinski definition) is 3. The van der Waals surface area contributed by atoms with E-state index in [-0.39, 0.29) is 17.2 Å². The molecule has 1 aliphatic heterocycles. The molecule has 0 unspecified atom stereocenters. The number of aliphatic hydroxyl groups is 1. The van der Waals surface area contributed by atoms with E-state index in [1.165, 1.54) is 0 Å². The Morgan fingerprint density at radius 1 is 1.47 bits per heavy atom. The van der Waals surface area contributed by atoms with E-state index in [4.69, 9.17) is 9.16 Å². The third kappa shape index (κ3) is 3.65. The summed E-state index contributed by atoms with van der Waals surface area (Å²) in [4.78, 5) is 0. The van der Waals surface area contributed by atoms with Gasteiger partial charge in [-0.15, -0.1) is 6.58 Å². The second-order valence-corrected chi connectivity index (χ2v) is 11.1. The van der Waals surface area contributed by atoms with E-state index in [0.717, 1.165) is 0 Å². The van der Waals surface area contributed by atoms with E-state index in [0.29, 0.717) is 13.0 Å². The summed E-state index contributed by atoms with van der Waals surface area (Å²) in [5.41, 5.74) is 0. The molecule has 1 rings (SSSR count). The predicted octanol–water partition coefficient (Wildman–Crippen LogP) is 2.71. The third-order valence-corrected chi connectivity index (χ3v) is 8.40. The number of ether oxygens (including phenoxy) is 1. The zero-order valence-corrected chi connectivity index (χ0v) is 12.7. The summed E-state index contributed by atoms with van der Waals surface area (Å²) in [6, 6.07) is 0. The molecule has 3 nitrogen and oxygen atoms in total. The molecule has 0 aromatic carbocycles. The van der Waals surface area contributed by atoms with Crippen molar-refractivity contribution in [1.82, 2.24) is 0 Å². The summed E-state index contributed by atoms with van der Waals surface area (Å²) in [5.74, 6) is 0. The molecule has 0 aromatic heterocycles. The largest absolute Gasteiger partial charge is 0.414 e. The normalized spacial score (nSPS) is 30.6. The zero-order valence-electron chi connectivity index (χ0n) is 11.7. The lowest BCUT2D eigenvalue weighted by Gasteiger charge is -2.36. The van der Waals surface area contributed by atoms with Crippen molar-refractivity contribution < 1.29 is 14.3 Å². The molecule has 0 bridgehead atoms. The van der Waals surface area contributed by atoms with Gasteiger partial charge in [0.25, 0.3) is 0 Å². The fourth-order valence-electron chi connectivity index (χ4n) is 1.61. The second-order valence-electron chi connectivity index (χ2n) is 6.33. The van der Waals surface area contributed by atoms with Crippen LogP contribution in [-0.2, 0) is 9.16 Å². The number of aliphatic hydroxyl groups excluding tert-OH is 1. The van der Waals surface area contributed by atoms with Crippen molar-refractivity contribution in [1.29, 1.82) is 0 Å². The SMILES string of the molecule is C=C[C@@H]1O[C@H](CO[Si](C)(C)C(C)(C)C)C[C@@H]1O. The van der Waals surface area contributed by atoms with E-state index < -0.39 is 14.4 Å². The van der Waals surface area contributed by atoms with Gasteiger partial charge in [-0.05, 0) is 18.1 Å². The van der Waals surface area contributed by atoms with E-state index in [2.05, 4.69) is 40.4 Å². The molecule has 4 heteroatoms. The van der Waals surface area contributed by atoms with E-state index >= 15 is 0 Å². The van der Waals surface area contributed by atoms with Gasteiger partial charge in [0.05, 0.1) is 18.8 Å². The number of hydrogen-bond donors (Lipinski definition) is 1. The minimum absolute atomic E-state index is 0.00197. The van der Waals surface area contributed by atoms with Crippen molar-refractivity contribution in [3.8, 4) is 0 Å². The molecule has 1 saturated heterocycles. The molecule has 0 saturated carbocycles. The van der Waals surface area contributed by atoms with Crippen molar-refractivity contribution in [2.24, 2.45) is 0 Å². The van der Waals surface area contributed by atoms with E-state index in [9.17, 15) is 5.11 Å². The number of rotatable bonds is 4. The van der Waals surface area contributed by atoms with E-state index in [1.54, 1.807) is 6.08 Å². The highest BCUT2D eigenvalue weighted by molar-refractivity contribution is 6.74. The fourth-order valence-corrected chi connectivity index (χ4v) is 2.65. The summed E-state index contributed by atoms with van der Waals surface area (Å²) in [6.45, 7) is 15.3. The van der Waals surface area contributed by atoms with Crippen LogP contribution >= 0.6 is 0 Å². The first-order valence-electron chi connectivity index (χ1n) is 6.27. The molecule has 1 aliphatic rings. The highest BCUT2D eigenvalue weighted by atomic mass is 28.4. The molecule has 3 atom stereocenters. The van der Waals surface area contributed by atoms with Crippen LogP contribution in [0.25, 0.3) is 0 Å². The molecule has 0 amide bonds. The van der Waals surface area contributed by atoms with Crippen molar-refractivity contribution in [3.05, 3.63) is 12.7 Å². The molecule has 0 radical (unpaired) electrons. The Morgan fingerprint density at radius 2 is 2.06 bits per heavy atom. The summed E-state index contributed by atoms with van der Waals surface area (Å²) in [6.07, 6.45) is 1.65. The van der Waals surface area contributed by atoms with Crippen LogP contribution in [0.2, 0.25) is 18.1 Å². The van der Waals surface area contributed by atoms with Gasteiger partial charge in [0.15, 0.2) is 8.32 Å². The van der Waals surface area contributed by atoms with Crippen LogP contribution in [0.15, 0.2) is 12.7 Å². The monoisotopic (exact) mass is 258 g/mol. The van der Waals surface area contributed by atoms with Gasteiger partial charge in [0.1, 0.15) is 6.10 Å². The first kappa shape index (κ1) is 14.9. The lowest BCUT2D eigenvalue weighted by molar-refractivity contribution is 0.0176. The lowest BCUT2D eigenvalue weighted by Crippen LogP contribution is -2.42. The lowest BCUT2D eigenvalue weighted by atomic mass is 10.1. The Morgan fingerprint density at radius 3 is 2.47 bits per heavy atom. The summed E-state index contributed by atoms with van der Waals surface area (Å²) in [5, 5.41) is 9.92. The topological polar surface area (TPSA) is 38.7 Å². The Labute approximate surface area is 106 Å². The minimum atomic E-state index is -1.71. The Bertz CT molecular complexity index is 270. The molecule has 100 valence electrons. The minimum Gasteiger partial charge on any atom is -0.414 e.